The summed E-state index contributed by atoms with van der Waals surface area (Å²) >= 11 is 0. The van der Waals surface area contributed by atoms with Gasteiger partial charge in [0, 0.05) is 30.9 Å². The largest absolute Gasteiger partial charge is 0.399 e. The number of carbonyl (C=O) groups is 2. The number of rotatable bonds is 9. The first-order valence-electron chi connectivity index (χ1n) is 13.6. The van der Waals surface area contributed by atoms with Crippen molar-refractivity contribution in [3.05, 3.63) is 76.4 Å². The van der Waals surface area contributed by atoms with E-state index in [4.69, 9.17) is 17.2 Å². The first-order valence-corrected chi connectivity index (χ1v) is 13.6. The molecular weight excluding hydrogens is 504 g/mol. The standard InChI is InChI=1S/C30H38N8O2/c1-18(36-17-27(39)38-12-4-5-24(38)16-31)15-30(29(34)37-35-3)25-10-8-20(19(2)32)13-21(25)6-7-22-14-23(28(33)40)9-11-26(22)30/h8-11,13-14,18,24,35-36H,2,4-7,12,15,17,32H2,1,3H3,(H2,33,40)(H2,34,37)/t18-,24?,30?/m0/s1. The van der Waals surface area contributed by atoms with Gasteiger partial charge in [-0.05, 0) is 85.0 Å². The molecule has 0 radical (unpaired) electrons. The average Bonchev–Trinajstić information content (AvgIpc) is 3.37. The number of nitrogens with two attached hydrogens (primary N) is 3. The third-order valence-corrected chi connectivity index (χ3v) is 8.05. The van der Waals surface area contributed by atoms with Crippen molar-refractivity contribution < 1.29 is 9.59 Å². The Labute approximate surface area is 235 Å². The highest BCUT2D eigenvalue weighted by Crippen LogP contribution is 2.44. The number of aryl methyl sites for hydroxylation is 2. The number of primary amides is 1. The van der Waals surface area contributed by atoms with E-state index < -0.39 is 11.3 Å². The summed E-state index contributed by atoms with van der Waals surface area (Å²) in [5.41, 5.74) is 26.1. The van der Waals surface area contributed by atoms with Crippen molar-refractivity contribution in [1.82, 2.24) is 15.6 Å². The SMILES string of the molecule is C=C(N)c1ccc2c(c1)CCc1cc(C(N)=O)ccc1C2(C[C@H](C)NCC(=O)N1CCCC1C#N)/C(N)=N/NC. The summed E-state index contributed by atoms with van der Waals surface area (Å²) in [6, 6.07) is 13.1. The van der Waals surface area contributed by atoms with E-state index in [-0.39, 0.29) is 24.5 Å². The second-order valence-corrected chi connectivity index (χ2v) is 10.6. The quantitative estimate of drug-likeness (QED) is 0.181. The number of carbonyl (C=O) groups excluding carboxylic acids is 2. The number of nitrogens with one attached hydrogen (secondary N) is 2. The Hall–Kier alpha value is -4.36. The molecule has 1 aliphatic carbocycles. The topological polar surface area (TPSA) is 176 Å². The number of nitriles is 1. The molecule has 40 heavy (non-hydrogen) atoms. The molecule has 8 N–H and O–H groups in total. The summed E-state index contributed by atoms with van der Waals surface area (Å²) in [5.74, 6) is -0.241. The molecule has 0 spiro atoms. The Kier molecular flexibility index (Phi) is 8.45. The molecule has 10 heteroatoms. The molecule has 4 rings (SSSR count). The molecule has 0 bridgehead atoms. The van der Waals surface area contributed by atoms with Crippen molar-refractivity contribution in [2.45, 2.75) is 56.5 Å². The lowest BCUT2D eigenvalue weighted by Gasteiger charge is -2.38. The van der Waals surface area contributed by atoms with E-state index >= 15 is 0 Å². The third kappa shape index (κ3) is 5.38. The number of fused-ring (bicyclic) bond motifs is 2. The van der Waals surface area contributed by atoms with Crippen LogP contribution in [0, 0.1) is 11.3 Å². The third-order valence-electron chi connectivity index (χ3n) is 8.05. The molecule has 1 fully saturated rings. The zero-order valence-corrected chi connectivity index (χ0v) is 23.2. The molecule has 2 aromatic rings. The van der Waals surface area contributed by atoms with E-state index in [1.807, 2.05) is 37.3 Å². The first-order chi connectivity index (χ1) is 19.1. The lowest BCUT2D eigenvalue weighted by atomic mass is 9.67. The van der Waals surface area contributed by atoms with Crippen molar-refractivity contribution in [1.29, 1.82) is 5.26 Å². The Bertz CT molecular complexity index is 1330. The van der Waals surface area contributed by atoms with Gasteiger partial charge in [0.25, 0.3) is 0 Å². The van der Waals surface area contributed by atoms with Crippen molar-refractivity contribution in [3.63, 3.8) is 0 Å². The number of nitrogens with zero attached hydrogens (tertiary/aromatic N) is 3. The molecule has 0 aromatic heterocycles. The molecule has 1 saturated heterocycles. The number of likely N-dealkylation sites (tertiary alicyclic amines) is 1. The van der Waals surface area contributed by atoms with Crippen LogP contribution in [0.2, 0.25) is 0 Å². The van der Waals surface area contributed by atoms with E-state index in [0.717, 1.165) is 34.2 Å². The zero-order valence-electron chi connectivity index (χ0n) is 23.2. The monoisotopic (exact) mass is 542 g/mol. The fourth-order valence-electron chi connectivity index (χ4n) is 6.11. The maximum atomic E-state index is 13.0. The van der Waals surface area contributed by atoms with Gasteiger partial charge in [0.1, 0.15) is 11.9 Å². The fraction of sp³-hybridized carbons (Fsp3) is 0.400. The highest BCUT2D eigenvalue weighted by molar-refractivity contribution is 5.98. The number of hydrogen-bond donors (Lipinski definition) is 5. The Morgan fingerprint density at radius 1 is 1.15 bits per heavy atom. The predicted molar refractivity (Wildman–Crippen MR) is 156 cm³/mol. The minimum atomic E-state index is -0.896. The predicted octanol–water partition coefficient (Wildman–Crippen LogP) is 1.47. The maximum Gasteiger partial charge on any atom is 0.248 e. The molecule has 1 aliphatic heterocycles. The fourth-order valence-corrected chi connectivity index (χ4v) is 6.11. The van der Waals surface area contributed by atoms with Crippen LogP contribution in [0.3, 0.4) is 0 Å². The Balaban J connectivity index is 1.80. The molecule has 2 unspecified atom stereocenters. The highest BCUT2D eigenvalue weighted by Gasteiger charge is 2.44. The second-order valence-electron chi connectivity index (χ2n) is 10.6. The van der Waals surface area contributed by atoms with E-state index in [1.165, 1.54) is 0 Å². The molecule has 2 aliphatic rings. The smallest absolute Gasteiger partial charge is 0.248 e. The van der Waals surface area contributed by atoms with Crippen LogP contribution in [0.15, 0.2) is 48.1 Å². The van der Waals surface area contributed by atoms with Gasteiger partial charge < -0.3 is 32.8 Å². The van der Waals surface area contributed by atoms with E-state index in [1.54, 1.807) is 18.0 Å². The molecule has 10 nitrogen and oxygen atoms in total. The van der Waals surface area contributed by atoms with Gasteiger partial charge >= 0.3 is 0 Å². The van der Waals surface area contributed by atoms with Crippen molar-refractivity contribution in [2.24, 2.45) is 22.3 Å². The lowest BCUT2D eigenvalue weighted by molar-refractivity contribution is -0.130. The number of hydrazone groups is 1. The van der Waals surface area contributed by atoms with Gasteiger partial charge in [-0.3, -0.25) is 9.59 Å². The summed E-state index contributed by atoms with van der Waals surface area (Å²) < 4.78 is 0. The summed E-state index contributed by atoms with van der Waals surface area (Å²) in [6.07, 6.45) is 3.35. The van der Waals surface area contributed by atoms with E-state index in [0.29, 0.717) is 49.3 Å². The van der Waals surface area contributed by atoms with Gasteiger partial charge in [-0.1, -0.05) is 24.8 Å². The number of amidine groups is 1. The van der Waals surface area contributed by atoms with Gasteiger partial charge in [0.05, 0.1) is 18.0 Å². The molecule has 210 valence electrons. The normalized spacial score (nSPS) is 21.0. The van der Waals surface area contributed by atoms with Crippen molar-refractivity contribution in [2.75, 3.05) is 20.1 Å². The van der Waals surface area contributed by atoms with Crippen molar-refractivity contribution in [3.8, 4) is 6.07 Å². The average molecular weight is 543 g/mol. The Morgan fingerprint density at radius 3 is 2.35 bits per heavy atom. The van der Waals surface area contributed by atoms with Crippen LogP contribution in [0.1, 0.15) is 64.4 Å². The Morgan fingerprint density at radius 2 is 1.77 bits per heavy atom. The molecule has 2 amide bonds. The lowest BCUT2D eigenvalue weighted by Crippen LogP contribution is -2.50. The first kappa shape index (κ1) is 28.6. The number of amides is 2. The van der Waals surface area contributed by atoms with Gasteiger partial charge in [-0.25, -0.2) is 0 Å². The van der Waals surface area contributed by atoms with Gasteiger partial charge in [-0.15, -0.1) is 0 Å². The number of benzene rings is 2. The van der Waals surface area contributed by atoms with Crippen LogP contribution < -0.4 is 27.9 Å². The van der Waals surface area contributed by atoms with E-state index in [2.05, 4.69) is 28.5 Å². The zero-order chi connectivity index (χ0) is 29.0. The van der Waals surface area contributed by atoms with Crippen LogP contribution in [-0.2, 0) is 23.1 Å². The van der Waals surface area contributed by atoms with Gasteiger partial charge in [0.2, 0.25) is 11.8 Å². The van der Waals surface area contributed by atoms with Gasteiger partial charge in [0.15, 0.2) is 0 Å². The minimum absolute atomic E-state index is 0.0966. The van der Waals surface area contributed by atoms with Crippen LogP contribution in [0.5, 0.6) is 0 Å². The summed E-state index contributed by atoms with van der Waals surface area (Å²) in [4.78, 5) is 26.7. The summed E-state index contributed by atoms with van der Waals surface area (Å²) in [5, 5.41) is 17.3. The van der Waals surface area contributed by atoms with E-state index in [9.17, 15) is 14.9 Å². The highest BCUT2D eigenvalue weighted by atomic mass is 16.2. The van der Waals surface area contributed by atoms with Crippen LogP contribution >= 0.6 is 0 Å². The van der Waals surface area contributed by atoms with Crippen LogP contribution in [0.4, 0.5) is 0 Å². The summed E-state index contributed by atoms with van der Waals surface area (Å²) in [6.45, 7) is 6.61. The molecular formula is C30H38N8O2. The minimum Gasteiger partial charge on any atom is -0.399 e. The van der Waals surface area contributed by atoms with Crippen LogP contribution in [-0.4, -0.2) is 54.8 Å². The van der Waals surface area contributed by atoms with Gasteiger partial charge in [-0.2, -0.15) is 10.4 Å². The maximum absolute atomic E-state index is 13.0. The molecule has 0 saturated carbocycles. The van der Waals surface area contributed by atoms with Crippen molar-refractivity contribution >= 4 is 23.3 Å². The molecule has 3 atom stereocenters. The number of hydrogen-bond acceptors (Lipinski definition) is 7. The molecule has 2 aromatic carbocycles. The van der Waals surface area contributed by atoms with Crippen LogP contribution in [0.25, 0.3) is 5.70 Å². The molecule has 1 heterocycles. The second kappa shape index (κ2) is 11.8. The summed E-state index contributed by atoms with van der Waals surface area (Å²) in [7, 11) is 1.69.